The van der Waals surface area contributed by atoms with Gasteiger partial charge < -0.3 is 14.6 Å². The number of benzene rings is 2. The number of fused-ring (bicyclic) bond motifs is 1. The standard InChI is InChI=1S/C18H20O3/c1-12-4-5-13(2)15(10-12)18(3,19)14-6-7-16-17(11-14)21-9-8-20-16/h4-7,10-11,19H,8-9H2,1-3H3. The number of aryl methyl sites for hydroxylation is 2. The van der Waals surface area contributed by atoms with Crippen molar-refractivity contribution in [3.8, 4) is 11.5 Å². The van der Waals surface area contributed by atoms with Crippen molar-refractivity contribution in [1.29, 1.82) is 0 Å². The molecule has 0 radical (unpaired) electrons. The van der Waals surface area contributed by atoms with E-state index in [0.29, 0.717) is 19.0 Å². The van der Waals surface area contributed by atoms with Crippen molar-refractivity contribution < 1.29 is 14.6 Å². The van der Waals surface area contributed by atoms with Crippen molar-refractivity contribution in [3.63, 3.8) is 0 Å². The highest BCUT2D eigenvalue weighted by molar-refractivity contribution is 5.49. The minimum absolute atomic E-state index is 0.544. The van der Waals surface area contributed by atoms with E-state index in [2.05, 4.69) is 6.07 Å². The quantitative estimate of drug-likeness (QED) is 0.919. The fraction of sp³-hybridized carbons (Fsp3) is 0.333. The maximum absolute atomic E-state index is 11.1. The first kappa shape index (κ1) is 14.0. The van der Waals surface area contributed by atoms with Gasteiger partial charge in [-0.25, -0.2) is 0 Å². The highest BCUT2D eigenvalue weighted by Crippen LogP contribution is 2.38. The molecule has 1 N–H and O–H groups in total. The summed E-state index contributed by atoms with van der Waals surface area (Å²) in [5, 5.41) is 11.1. The highest BCUT2D eigenvalue weighted by atomic mass is 16.6. The minimum atomic E-state index is -1.06. The maximum Gasteiger partial charge on any atom is 0.161 e. The van der Waals surface area contributed by atoms with E-state index in [1.165, 1.54) is 0 Å². The van der Waals surface area contributed by atoms with Gasteiger partial charge in [-0.2, -0.15) is 0 Å². The lowest BCUT2D eigenvalue weighted by Crippen LogP contribution is -2.25. The summed E-state index contributed by atoms with van der Waals surface area (Å²) in [5.74, 6) is 1.44. The van der Waals surface area contributed by atoms with Crippen LogP contribution in [0.15, 0.2) is 36.4 Å². The maximum atomic E-state index is 11.1. The number of hydrogen-bond acceptors (Lipinski definition) is 3. The topological polar surface area (TPSA) is 38.7 Å². The normalized spacial score (nSPS) is 16.4. The smallest absolute Gasteiger partial charge is 0.161 e. The van der Waals surface area contributed by atoms with Gasteiger partial charge in [-0.1, -0.05) is 29.8 Å². The molecule has 0 fully saturated rings. The van der Waals surface area contributed by atoms with Gasteiger partial charge in [0, 0.05) is 0 Å². The van der Waals surface area contributed by atoms with E-state index in [1.807, 2.05) is 51.1 Å². The Balaban J connectivity index is 2.07. The van der Waals surface area contributed by atoms with Crippen molar-refractivity contribution in [2.45, 2.75) is 26.4 Å². The van der Waals surface area contributed by atoms with Crippen LogP contribution in [-0.4, -0.2) is 18.3 Å². The summed E-state index contributed by atoms with van der Waals surface area (Å²) in [6, 6.07) is 11.8. The number of aliphatic hydroxyl groups is 1. The summed E-state index contributed by atoms with van der Waals surface area (Å²) in [4.78, 5) is 0. The molecule has 1 heterocycles. The molecule has 2 aromatic rings. The monoisotopic (exact) mass is 284 g/mol. The average molecular weight is 284 g/mol. The molecule has 1 aliphatic heterocycles. The summed E-state index contributed by atoms with van der Waals surface area (Å²) in [7, 11) is 0. The molecule has 0 aromatic heterocycles. The van der Waals surface area contributed by atoms with Gasteiger partial charge in [-0.05, 0) is 49.6 Å². The number of hydrogen-bond donors (Lipinski definition) is 1. The molecule has 1 unspecified atom stereocenters. The van der Waals surface area contributed by atoms with E-state index >= 15 is 0 Å². The summed E-state index contributed by atoms with van der Waals surface area (Å²) < 4.78 is 11.1. The summed E-state index contributed by atoms with van der Waals surface area (Å²) in [6.07, 6.45) is 0. The predicted molar refractivity (Wildman–Crippen MR) is 82.0 cm³/mol. The van der Waals surface area contributed by atoms with Gasteiger partial charge in [0.25, 0.3) is 0 Å². The van der Waals surface area contributed by atoms with Crippen molar-refractivity contribution in [2.24, 2.45) is 0 Å². The molecule has 2 aromatic carbocycles. The van der Waals surface area contributed by atoms with Gasteiger partial charge in [0.15, 0.2) is 11.5 Å². The van der Waals surface area contributed by atoms with E-state index in [-0.39, 0.29) is 0 Å². The van der Waals surface area contributed by atoms with E-state index in [1.54, 1.807) is 0 Å². The minimum Gasteiger partial charge on any atom is -0.486 e. The lowest BCUT2D eigenvalue weighted by atomic mass is 9.84. The Morgan fingerprint density at radius 3 is 2.43 bits per heavy atom. The van der Waals surface area contributed by atoms with Crippen LogP contribution in [0.5, 0.6) is 11.5 Å². The molecule has 1 atom stereocenters. The molecule has 3 heteroatoms. The van der Waals surface area contributed by atoms with E-state index in [4.69, 9.17) is 9.47 Å². The Labute approximate surface area is 125 Å². The fourth-order valence-electron chi connectivity index (χ4n) is 2.76. The summed E-state index contributed by atoms with van der Waals surface area (Å²) >= 11 is 0. The van der Waals surface area contributed by atoms with Crippen molar-refractivity contribution >= 4 is 0 Å². The Morgan fingerprint density at radius 2 is 1.67 bits per heavy atom. The Kier molecular flexibility index (Phi) is 3.38. The highest BCUT2D eigenvalue weighted by Gasteiger charge is 2.29. The van der Waals surface area contributed by atoms with Crippen LogP contribution in [0.2, 0.25) is 0 Å². The molecule has 0 aliphatic carbocycles. The van der Waals surface area contributed by atoms with Gasteiger partial charge in [0.2, 0.25) is 0 Å². The van der Waals surface area contributed by atoms with Crippen LogP contribution in [0.4, 0.5) is 0 Å². The summed E-state index contributed by atoms with van der Waals surface area (Å²) in [6.45, 7) is 6.98. The Morgan fingerprint density at radius 1 is 0.952 bits per heavy atom. The fourth-order valence-corrected chi connectivity index (χ4v) is 2.76. The number of ether oxygens (including phenoxy) is 2. The van der Waals surface area contributed by atoms with Gasteiger partial charge >= 0.3 is 0 Å². The van der Waals surface area contributed by atoms with Crippen LogP contribution in [0, 0.1) is 13.8 Å². The molecule has 1 aliphatic rings. The second-order valence-corrected chi connectivity index (χ2v) is 5.75. The van der Waals surface area contributed by atoms with Gasteiger partial charge in [-0.3, -0.25) is 0 Å². The second kappa shape index (κ2) is 5.08. The lowest BCUT2D eigenvalue weighted by molar-refractivity contribution is 0.100. The first-order valence-corrected chi connectivity index (χ1v) is 7.19. The molecular formula is C18H20O3. The zero-order valence-electron chi connectivity index (χ0n) is 12.6. The molecule has 3 nitrogen and oxygen atoms in total. The Bertz CT molecular complexity index is 674. The zero-order valence-corrected chi connectivity index (χ0v) is 12.6. The number of rotatable bonds is 2. The largest absolute Gasteiger partial charge is 0.486 e. The predicted octanol–water partition coefficient (Wildman–Crippen LogP) is 3.33. The molecule has 21 heavy (non-hydrogen) atoms. The summed E-state index contributed by atoms with van der Waals surface area (Å²) in [5.41, 5.74) is 2.86. The second-order valence-electron chi connectivity index (χ2n) is 5.75. The van der Waals surface area contributed by atoms with Gasteiger partial charge in [0.1, 0.15) is 18.8 Å². The molecule has 3 rings (SSSR count). The van der Waals surface area contributed by atoms with Gasteiger partial charge in [-0.15, -0.1) is 0 Å². The van der Waals surface area contributed by atoms with Crippen LogP contribution in [-0.2, 0) is 5.60 Å². The zero-order chi connectivity index (χ0) is 15.0. The van der Waals surface area contributed by atoms with Crippen LogP contribution in [0.1, 0.15) is 29.2 Å². The van der Waals surface area contributed by atoms with Crippen molar-refractivity contribution in [2.75, 3.05) is 13.2 Å². The third-order valence-electron chi connectivity index (χ3n) is 4.02. The van der Waals surface area contributed by atoms with Crippen LogP contribution < -0.4 is 9.47 Å². The van der Waals surface area contributed by atoms with Crippen molar-refractivity contribution in [3.05, 3.63) is 58.7 Å². The first-order valence-electron chi connectivity index (χ1n) is 7.19. The molecule has 0 bridgehead atoms. The molecule has 0 amide bonds. The van der Waals surface area contributed by atoms with Crippen LogP contribution in [0.25, 0.3) is 0 Å². The van der Waals surface area contributed by atoms with Gasteiger partial charge in [0.05, 0.1) is 0 Å². The van der Waals surface area contributed by atoms with Crippen LogP contribution in [0.3, 0.4) is 0 Å². The molecular weight excluding hydrogens is 264 g/mol. The van der Waals surface area contributed by atoms with Crippen LogP contribution >= 0.6 is 0 Å². The third-order valence-corrected chi connectivity index (χ3v) is 4.02. The van der Waals surface area contributed by atoms with Crippen molar-refractivity contribution in [1.82, 2.24) is 0 Å². The Hall–Kier alpha value is -2.00. The molecule has 0 saturated carbocycles. The SMILES string of the molecule is Cc1ccc(C)c(C(C)(O)c2ccc3c(c2)OCCO3)c1. The molecule has 0 spiro atoms. The first-order chi connectivity index (χ1) is 9.98. The van der Waals surface area contributed by atoms with E-state index in [0.717, 1.165) is 28.0 Å². The third kappa shape index (κ3) is 2.49. The molecule has 0 saturated heterocycles. The lowest BCUT2D eigenvalue weighted by Gasteiger charge is -2.28. The average Bonchev–Trinajstić information content (AvgIpc) is 2.49. The van der Waals surface area contributed by atoms with E-state index in [9.17, 15) is 5.11 Å². The van der Waals surface area contributed by atoms with E-state index < -0.39 is 5.60 Å². The molecule has 110 valence electrons.